The summed E-state index contributed by atoms with van der Waals surface area (Å²) in [6.07, 6.45) is 5.01. The number of rotatable bonds is 9. The summed E-state index contributed by atoms with van der Waals surface area (Å²) >= 11 is 0. The van der Waals surface area contributed by atoms with Crippen LogP contribution in [-0.4, -0.2) is 57.2 Å². The van der Waals surface area contributed by atoms with Crippen molar-refractivity contribution in [3.63, 3.8) is 0 Å². The Morgan fingerprint density at radius 3 is 2.61 bits per heavy atom. The van der Waals surface area contributed by atoms with Gasteiger partial charge in [-0.3, -0.25) is 9.69 Å². The highest BCUT2D eigenvalue weighted by Gasteiger charge is 2.35. The van der Waals surface area contributed by atoms with Crippen LogP contribution in [0.4, 0.5) is 0 Å². The first-order valence-electron chi connectivity index (χ1n) is 10.7. The van der Waals surface area contributed by atoms with E-state index >= 15 is 0 Å². The van der Waals surface area contributed by atoms with Crippen molar-refractivity contribution in [2.75, 3.05) is 34.4 Å². The van der Waals surface area contributed by atoms with Crippen LogP contribution in [0.3, 0.4) is 0 Å². The van der Waals surface area contributed by atoms with Crippen LogP contribution >= 0.6 is 0 Å². The fourth-order valence-corrected chi connectivity index (χ4v) is 4.21. The Labute approximate surface area is 185 Å². The van der Waals surface area contributed by atoms with E-state index in [1.54, 1.807) is 21.3 Å². The number of carbonyl (C=O) groups excluding carboxylic acids is 1. The Kier molecular flexibility index (Phi) is 8.09. The van der Waals surface area contributed by atoms with Crippen molar-refractivity contribution in [2.45, 2.75) is 32.0 Å². The molecule has 1 aliphatic heterocycles. The van der Waals surface area contributed by atoms with Gasteiger partial charge in [0.05, 0.1) is 20.3 Å². The lowest BCUT2D eigenvalue weighted by Gasteiger charge is -2.21. The van der Waals surface area contributed by atoms with E-state index in [9.17, 15) is 4.79 Å². The third-order valence-electron chi connectivity index (χ3n) is 5.85. The van der Waals surface area contributed by atoms with Gasteiger partial charge >= 0.3 is 0 Å². The van der Waals surface area contributed by atoms with Gasteiger partial charge in [-0.1, -0.05) is 48.6 Å². The van der Waals surface area contributed by atoms with Crippen molar-refractivity contribution < 1.29 is 14.3 Å². The molecule has 6 heteroatoms. The highest BCUT2D eigenvalue weighted by molar-refractivity contribution is 5.82. The molecule has 2 aromatic carbocycles. The van der Waals surface area contributed by atoms with Crippen molar-refractivity contribution in [1.29, 1.82) is 0 Å². The highest BCUT2D eigenvalue weighted by Crippen LogP contribution is 2.31. The maximum atomic E-state index is 12.5. The fourth-order valence-electron chi connectivity index (χ4n) is 4.21. The second kappa shape index (κ2) is 11.0. The summed E-state index contributed by atoms with van der Waals surface area (Å²) in [5.74, 6) is 1.73. The molecule has 2 aromatic rings. The molecule has 2 N–H and O–H groups in total. The van der Waals surface area contributed by atoms with E-state index in [1.165, 1.54) is 0 Å². The predicted octanol–water partition coefficient (Wildman–Crippen LogP) is 3.00. The third-order valence-corrected chi connectivity index (χ3v) is 5.85. The van der Waals surface area contributed by atoms with Crippen LogP contribution in [0.2, 0.25) is 0 Å². The first kappa shape index (κ1) is 22.8. The molecule has 0 bridgehead atoms. The molecule has 0 radical (unpaired) electrons. The van der Waals surface area contributed by atoms with Gasteiger partial charge in [0.1, 0.15) is 11.5 Å². The summed E-state index contributed by atoms with van der Waals surface area (Å²) in [5, 5.41) is 6.43. The molecule has 6 nitrogen and oxygen atoms in total. The molecule has 31 heavy (non-hydrogen) atoms. The van der Waals surface area contributed by atoms with E-state index in [4.69, 9.17) is 9.47 Å². The number of nitrogens with one attached hydrogen (secondary N) is 2. The fraction of sp³-hybridized carbons (Fsp3) is 0.400. The van der Waals surface area contributed by atoms with Gasteiger partial charge in [0.25, 0.3) is 0 Å². The highest BCUT2D eigenvalue weighted by atomic mass is 16.5. The second-order valence-corrected chi connectivity index (χ2v) is 7.80. The van der Waals surface area contributed by atoms with Gasteiger partial charge in [0.2, 0.25) is 5.91 Å². The summed E-state index contributed by atoms with van der Waals surface area (Å²) in [7, 11) is 5.05. The number of likely N-dealkylation sites (tertiary alicyclic amines) is 1. The lowest BCUT2D eigenvalue weighted by molar-refractivity contribution is -0.124. The molecule has 0 saturated carbocycles. The molecule has 0 aromatic heterocycles. The van der Waals surface area contributed by atoms with Gasteiger partial charge in [0, 0.05) is 43.9 Å². The zero-order valence-electron chi connectivity index (χ0n) is 18.9. The summed E-state index contributed by atoms with van der Waals surface area (Å²) in [6.45, 7) is 4.22. The van der Waals surface area contributed by atoms with E-state index in [2.05, 4.69) is 39.8 Å². The van der Waals surface area contributed by atoms with Crippen molar-refractivity contribution in [1.82, 2.24) is 15.5 Å². The number of nitrogens with zero attached hydrogens (tertiary/aromatic N) is 1. The van der Waals surface area contributed by atoms with Crippen molar-refractivity contribution in [3.8, 4) is 11.5 Å². The minimum absolute atomic E-state index is 0.0651. The number of likely N-dealkylation sites (N-methyl/N-ethyl adjacent to an activating group) is 1. The number of carbonyl (C=O) groups is 1. The van der Waals surface area contributed by atoms with Crippen LogP contribution in [0.1, 0.15) is 23.1 Å². The molecule has 2 atom stereocenters. The van der Waals surface area contributed by atoms with Crippen LogP contribution in [0.15, 0.2) is 48.5 Å². The maximum absolute atomic E-state index is 12.5. The van der Waals surface area contributed by atoms with E-state index < -0.39 is 0 Å². The predicted molar refractivity (Wildman–Crippen MR) is 124 cm³/mol. The van der Waals surface area contributed by atoms with Gasteiger partial charge in [0.15, 0.2) is 0 Å². The Bertz CT molecular complexity index is 898. The first-order chi connectivity index (χ1) is 15.1. The normalized spacial score (nSPS) is 19.0. The number of benzene rings is 2. The van der Waals surface area contributed by atoms with Crippen LogP contribution in [-0.2, 0) is 11.3 Å². The number of ether oxygens (including phenoxy) is 2. The molecule has 1 fully saturated rings. The summed E-state index contributed by atoms with van der Waals surface area (Å²) in [4.78, 5) is 14.7. The van der Waals surface area contributed by atoms with E-state index in [0.717, 1.165) is 47.7 Å². The van der Waals surface area contributed by atoms with Crippen molar-refractivity contribution in [3.05, 3.63) is 65.2 Å². The molecule has 1 saturated heterocycles. The quantitative estimate of drug-likeness (QED) is 0.649. The molecule has 1 amide bonds. The van der Waals surface area contributed by atoms with Gasteiger partial charge < -0.3 is 20.1 Å². The van der Waals surface area contributed by atoms with Gasteiger partial charge in [-0.25, -0.2) is 0 Å². The van der Waals surface area contributed by atoms with Crippen molar-refractivity contribution >= 4 is 12.0 Å². The molecular formula is C25H33N3O3. The first-order valence-corrected chi connectivity index (χ1v) is 10.7. The second-order valence-electron chi connectivity index (χ2n) is 7.80. The lowest BCUT2D eigenvalue weighted by Crippen LogP contribution is -2.41. The molecule has 0 spiro atoms. The van der Waals surface area contributed by atoms with Crippen LogP contribution < -0.4 is 20.1 Å². The molecule has 0 unspecified atom stereocenters. The smallest absolute Gasteiger partial charge is 0.237 e. The lowest BCUT2D eigenvalue weighted by atomic mass is 10.1. The zero-order valence-corrected chi connectivity index (χ0v) is 18.9. The molecule has 3 rings (SSSR count). The molecule has 1 aliphatic rings. The monoisotopic (exact) mass is 423 g/mol. The topological polar surface area (TPSA) is 62.8 Å². The number of amides is 1. The molecular weight excluding hydrogens is 390 g/mol. The molecule has 1 heterocycles. The van der Waals surface area contributed by atoms with Gasteiger partial charge in [-0.05, 0) is 25.0 Å². The maximum Gasteiger partial charge on any atom is 0.237 e. The van der Waals surface area contributed by atoms with Crippen LogP contribution in [0.25, 0.3) is 6.08 Å². The number of methoxy groups -OCH3 is 2. The standard InChI is InChI=1S/C25H33N3O3/c1-18-23(30-3)13-12-20(24(18)31-4)16-27-21-15-22(25(29)26-2)28(17-21)14-8-11-19-9-6-5-7-10-19/h5-13,21-22,27H,14-17H2,1-4H3,(H,26,29)/t21-,22-/m0/s1. The third kappa shape index (κ3) is 5.66. The average Bonchev–Trinajstić information content (AvgIpc) is 3.21. The van der Waals surface area contributed by atoms with Crippen LogP contribution in [0.5, 0.6) is 11.5 Å². The largest absolute Gasteiger partial charge is 0.496 e. The Morgan fingerprint density at radius 1 is 1.16 bits per heavy atom. The number of hydrogen-bond donors (Lipinski definition) is 2. The molecule has 166 valence electrons. The number of hydrogen-bond acceptors (Lipinski definition) is 5. The SMILES string of the molecule is CNC(=O)[C@@H]1C[C@H](NCc2ccc(OC)c(C)c2OC)CN1CC=Cc1ccccc1. The Hall–Kier alpha value is -2.83. The summed E-state index contributed by atoms with van der Waals surface area (Å²) < 4.78 is 11.0. The van der Waals surface area contributed by atoms with Gasteiger partial charge in [-0.15, -0.1) is 0 Å². The minimum Gasteiger partial charge on any atom is -0.496 e. The van der Waals surface area contributed by atoms with E-state index in [0.29, 0.717) is 6.54 Å². The van der Waals surface area contributed by atoms with Crippen molar-refractivity contribution in [2.24, 2.45) is 0 Å². The van der Waals surface area contributed by atoms with Crippen LogP contribution in [0, 0.1) is 6.92 Å². The van der Waals surface area contributed by atoms with E-state index in [-0.39, 0.29) is 18.0 Å². The minimum atomic E-state index is -0.137. The zero-order chi connectivity index (χ0) is 22.2. The summed E-state index contributed by atoms with van der Waals surface area (Å²) in [6, 6.07) is 14.3. The summed E-state index contributed by atoms with van der Waals surface area (Å²) in [5.41, 5.74) is 3.24. The average molecular weight is 424 g/mol. The van der Waals surface area contributed by atoms with Gasteiger partial charge in [-0.2, -0.15) is 0 Å². The molecule has 0 aliphatic carbocycles. The van der Waals surface area contributed by atoms with E-state index in [1.807, 2.05) is 37.3 Å². The Morgan fingerprint density at radius 2 is 1.94 bits per heavy atom. The Balaban J connectivity index is 1.64.